The summed E-state index contributed by atoms with van der Waals surface area (Å²) in [7, 11) is 0. The van der Waals surface area contributed by atoms with Gasteiger partial charge in [-0.05, 0) is 63.7 Å². The molecule has 1 aromatic carbocycles. The van der Waals surface area contributed by atoms with Crippen molar-refractivity contribution in [1.82, 2.24) is 4.90 Å². The molecule has 160 valence electrons. The lowest BCUT2D eigenvalue weighted by Gasteiger charge is -2.33. The van der Waals surface area contributed by atoms with Crippen LogP contribution >= 0.6 is 0 Å². The number of Topliss-reactive ketones (excluding diaryl/α,β-unsaturated/α-hetero) is 1. The first kappa shape index (κ1) is 20.9. The van der Waals surface area contributed by atoms with Gasteiger partial charge in [-0.1, -0.05) is 30.4 Å². The van der Waals surface area contributed by atoms with Crippen LogP contribution in [0, 0.1) is 5.92 Å². The molecule has 0 bridgehead atoms. The van der Waals surface area contributed by atoms with Gasteiger partial charge in [-0.15, -0.1) is 0 Å². The molecule has 0 spiro atoms. The van der Waals surface area contributed by atoms with Crippen LogP contribution in [0.1, 0.15) is 44.6 Å². The van der Waals surface area contributed by atoms with Crippen molar-refractivity contribution in [2.24, 2.45) is 5.92 Å². The van der Waals surface area contributed by atoms with Crippen LogP contribution in [-0.2, 0) is 20.7 Å². The van der Waals surface area contributed by atoms with E-state index in [2.05, 4.69) is 40.2 Å². The van der Waals surface area contributed by atoms with Crippen LogP contribution in [-0.4, -0.2) is 49.4 Å². The van der Waals surface area contributed by atoms with E-state index in [1.807, 2.05) is 13.0 Å². The van der Waals surface area contributed by atoms with E-state index in [1.54, 1.807) is 0 Å². The van der Waals surface area contributed by atoms with Crippen molar-refractivity contribution in [1.29, 1.82) is 0 Å². The van der Waals surface area contributed by atoms with Crippen molar-refractivity contribution in [2.75, 3.05) is 37.7 Å². The quantitative estimate of drug-likeness (QED) is 0.669. The van der Waals surface area contributed by atoms with Crippen LogP contribution in [0.2, 0.25) is 0 Å². The van der Waals surface area contributed by atoms with Gasteiger partial charge in [0.1, 0.15) is 0 Å². The maximum atomic E-state index is 12.8. The van der Waals surface area contributed by atoms with E-state index < -0.39 is 0 Å². The van der Waals surface area contributed by atoms with Crippen molar-refractivity contribution in [3.8, 4) is 0 Å². The van der Waals surface area contributed by atoms with Gasteiger partial charge in [0, 0.05) is 36.5 Å². The van der Waals surface area contributed by atoms with Gasteiger partial charge < -0.3 is 14.5 Å². The summed E-state index contributed by atoms with van der Waals surface area (Å²) in [6.45, 7) is 5.97. The predicted octanol–water partition coefficient (Wildman–Crippen LogP) is 3.89. The van der Waals surface area contributed by atoms with Crippen molar-refractivity contribution in [3.63, 3.8) is 0 Å². The standard InChI is InChI=1S/C25H32N2O3/c1-2-30-25(29)20-10-7-14-26(18-20)15-8-16-27-22-12-5-3-9-19(22)17-24(28)21-11-4-6-13-23(21)27/h3,5,9,11-13,20H,2,4,6-8,10,14-18H2,1H3/t20-/m1/s1. The Morgan fingerprint density at radius 2 is 2.00 bits per heavy atom. The van der Waals surface area contributed by atoms with E-state index in [-0.39, 0.29) is 17.7 Å². The zero-order valence-electron chi connectivity index (χ0n) is 17.9. The lowest BCUT2D eigenvalue weighted by molar-refractivity contribution is -0.149. The van der Waals surface area contributed by atoms with E-state index in [0.717, 1.165) is 80.8 Å². The second-order valence-corrected chi connectivity index (χ2v) is 8.41. The highest BCUT2D eigenvalue weighted by molar-refractivity contribution is 6.04. The fourth-order valence-electron chi connectivity index (χ4n) is 4.90. The fraction of sp³-hybridized carbons (Fsp3) is 0.520. The first-order valence-electron chi connectivity index (χ1n) is 11.4. The molecule has 0 unspecified atom stereocenters. The Balaban J connectivity index is 1.44. The average molecular weight is 409 g/mol. The smallest absolute Gasteiger partial charge is 0.310 e. The summed E-state index contributed by atoms with van der Waals surface area (Å²) in [5, 5.41) is 0. The SMILES string of the molecule is CCOC(=O)[C@@H]1CCCN(CCCN2C3=CCCC=C3C(=O)Cc3ccccc32)C1. The van der Waals surface area contributed by atoms with E-state index in [4.69, 9.17) is 4.74 Å². The number of para-hydroxylation sites is 1. The summed E-state index contributed by atoms with van der Waals surface area (Å²) in [5.41, 5.74) is 4.24. The normalized spacial score (nSPS) is 21.8. The van der Waals surface area contributed by atoms with Crippen molar-refractivity contribution in [2.45, 2.75) is 45.4 Å². The highest BCUT2D eigenvalue weighted by atomic mass is 16.5. The molecule has 0 N–H and O–H groups in total. The number of hydrogen-bond donors (Lipinski definition) is 0. The number of ether oxygens (including phenoxy) is 1. The molecule has 2 aliphatic heterocycles. The van der Waals surface area contributed by atoms with E-state index in [0.29, 0.717) is 13.0 Å². The Kier molecular flexibility index (Phi) is 6.68. The molecule has 1 saturated heterocycles. The molecule has 0 amide bonds. The lowest BCUT2D eigenvalue weighted by Crippen LogP contribution is -2.40. The van der Waals surface area contributed by atoms with Crippen LogP contribution < -0.4 is 4.90 Å². The highest BCUT2D eigenvalue weighted by Crippen LogP contribution is 2.35. The number of benzene rings is 1. The maximum absolute atomic E-state index is 12.8. The second-order valence-electron chi connectivity index (χ2n) is 8.41. The molecule has 30 heavy (non-hydrogen) atoms. The number of allylic oxidation sites excluding steroid dienone is 3. The topological polar surface area (TPSA) is 49.9 Å². The summed E-state index contributed by atoms with van der Waals surface area (Å²) in [6.07, 6.45) is 9.71. The summed E-state index contributed by atoms with van der Waals surface area (Å²) >= 11 is 0. The molecule has 0 aromatic heterocycles. The second kappa shape index (κ2) is 9.61. The third-order valence-electron chi connectivity index (χ3n) is 6.33. The lowest BCUT2D eigenvalue weighted by atomic mass is 9.97. The Morgan fingerprint density at radius 3 is 2.87 bits per heavy atom. The number of anilines is 1. The van der Waals surface area contributed by atoms with Crippen molar-refractivity contribution < 1.29 is 14.3 Å². The Morgan fingerprint density at radius 1 is 1.17 bits per heavy atom. The minimum atomic E-state index is -0.0516. The first-order valence-corrected chi connectivity index (χ1v) is 11.4. The molecular weight excluding hydrogens is 376 g/mol. The number of esters is 1. The molecule has 0 saturated carbocycles. The summed E-state index contributed by atoms with van der Waals surface area (Å²) in [4.78, 5) is 29.7. The van der Waals surface area contributed by atoms with Crippen LogP contribution in [0.3, 0.4) is 0 Å². The van der Waals surface area contributed by atoms with Gasteiger partial charge in [-0.2, -0.15) is 0 Å². The van der Waals surface area contributed by atoms with Crippen molar-refractivity contribution in [3.05, 3.63) is 53.3 Å². The zero-order chi connectivity index (χ0) is 20.9. The molecule has 1 aliphatic carbocycles. The third-order valence-corrected chi connectivity index (χ3v) is 6.33. The van der Waals surface area contributed by atoms with Gasteiger partial charge in [0.15, 0.2) is 5.78 Å². The number of piperidine rings is 1. The van der Waals surface area contributed by atoms with Gasteiger partial charge in [0.25, 0.3) is 0 Å². The number of carbonyl (C=O) groups is 2. The molecule has 1 aromatic rings. The molecule has 5 heteroatoms. The Hall–Kier alpha value is -2.40. The molecule has 3 aliphatic rings. The van der Waals surface area contributed by atoms with Crippen LogP contribution in [0.15, 0.2) is 47.7 Å². The van der Waals surface area contributed by atoms with Gasteiger partial charge in [0.05, 0.1) is 12.5 Å². The molecule has 0 radical (unpaired) electrons. The zero-order valence-corrected chi connectivity index (χ0v) is 17.9. The minimum Gasteiger partial charge on any atom is -0.466 e. The maximum Gasteiger partial charge on any atom is 0.310 e. The van der Waals surface area contributed by atoms with Gasteiger partial charge in [0.2, 0.25) is 0 Å². The molecule has 2 heterocycles. The Labute approximate surface area is 179 Å². The van der Waals surface area contributed by atoms with E-state index in [9.17, 15) is 9.59 Å². The number of fused-ring (bicyclic) bond motifs is 2. The summed E-state index contributed by atoms with van der Waals surface area (Å²) < 4.78 is 5.23. The number of hydrogen-bond acceptors (Lipinski definition) is 5. The van der Waals surface area contributed by atoms with Gasteiger partial charge in [-0.3, -0.25) is 9.59 Å². The number of rotatable bonds is 6. The monoisotopic (exact) mass is 408 g/mol. The first-order chi connectivity index (χ1) is 14.7. The van der Waals surface area contributed by atoms with Gasteiger partial charge >= 0.3 is 5.97 Å². The number of ketones is 1. The fourth-order valence-corrected chi connectivity index (χ4v) is 4.90. The number of nitrogens with zero attached hydrogens (tertiary/aromatic N) is 2. The number of carbonyl (C=O) groups excluding carboxylic acids is 2. The molecule has 1 fully saturated rings. The van der Waals surface area contributed by atoms with Crippen LogP contribution in [0.4, 0.5) is 5.69 Å². The predicted molar refractivity (Wildman–Crippen MR) is 118 cm³/mol. The molecule has 4 rings (SSSR count). The third kappa shape index (κ3) is 4.51. The molecular formula is C25H32N2O3. The molecule has 5 nitrogen and oxygen atoms in total. The largest absolute Gasteiger partial charge is 0.466 e. The Bertz CT molecular complexity index is 858. The summed E-state index contributed by atoms with van der Waals surface area (Å²) in [6, 6.07) is 8.29. The molecule has 1 atom stereocenters. The average Bonchev–Trinajstić information content (AvgIpc) is 2.89. The van der Waals surface area contributed by atoms with E-state index in [1.165, 1.54) is 0 Å². The van der Waals surface area contributed by atoms with Gasteiger partial charge in [-0.25, -0.2) is 0 Å². The van der Waals surface area contributed by atoms with Crippen molar-refractivity contribution >= 4 is 17.4 Å². The number of likely N-dealkylation sites (tertiary alicyclic amines) is 1. The van der Waals surface area contributed by atoms with Crippen LogP contribution in [0.25, 0.3) is 0 Å². The summed E-state index contributed by atoms with van der Waals surface area (Å²) in [5.74, 6) is 0.180. The minimum absolute atomic E-state index is 0.00539. The highest BCUT2D eigenvalue weighted by Gasteiger charge is 2.29. The van der Waals surface area contributed by atoms with E-state index >= 15 is 0 Å². The van der Waals surface area contributed by atoms with Crippen LogP contribution in [0.5, 0.6) is 0 Å².